The minimum absolute atomic E-state index is 0.110. The van der Waals surface area contributed by atoms with Crippen LogP contribution in [0.25, 0.3) is 21.3 Å². The van der Waals surface area contributed by atoms with Crippen LogP contribution >= 0.6 is 11.3 Å². The summed E-state index contributed by atoms with van der Waals surface area (Å²) in [6, 6.07) is 19.6. The van der Waals surface area contributed by atoms with Gasteiger partial charge in [0.15, 0.2) is 0 Å². The van der Waals surface area contributed by atoms with E-state index in [1.54, 1.807) is 18.4 Å². The maximum atomic E-state index is 13.0. The lowest BCUT2D eigenvalue weighted by Gasteiger charge is -2.12. The molecular weight excluding hydrogens is 368 g/mol. The maximum absolute atomic E-state index is 13.0. The van der Waals surface area contributed by atoms with E-state index in [4.69, 9.17) is 9.72 Å². The number of rotatable bonds is 5. The predicted octanol–water partition coefficient (Wildman–Crippen LogP) is 5.21. The molecule has 0 saturated heterocycles. The molecule has 0 spiro atoms. The smallest absolute Gasteiger partial charge is 0.252 e. The zero-order valence-electron chi connectivity index (χ0n) is 15.7. The Morgan fingerprint density at radius 2 is 1.96 bits per heavy atom. The van der Waals surface area contributed by atoms with Crippen LogP contribution < -0.4 is 10.1 Å². The lowest BCUT2D eigenvalue weighted by Crippen LogP contribution is -2.23. The van der Waals surface area contributed by atoms with Gasteiger partial charge in [0.25, 0.3) is 5.91 Å². The van der Waals surface area contributed by atoms with E-state index in [2.05, 4.69) is 17.4 Å². The van der Waals surface area contributed by atoms with E-state index in [0.717, 1.165) is 38.4 Å². The van der Waals surface area contributed by atoms with Crippen molar-refractivity contribution in [1.29, 1.82) is 0 Å². The van der Waals surface area contributed by atoms with Crippen molar-refractivity contribution in [3.05, 3.63) is 82.9 Å². The molecule has 0 bridgehead atoms. The number of hydrogen-bond donors (Lipinski definition) is 1. The number of amides is 1. The highest BCUT2D eigenvalue weighted by Crippen LogP contribution is 2.32. The first-order valence-electron chi connectivity index (χ1n) is 9.01. The first-order valence-corrected chi connectivity index (χ1v) is 9.89. The Kier molecular flexibility index (Phi) is 5.08. The van der Waals surface area contributed by atoms with Crippen LogP contribution in [0.4, 0.5) is 0 Å². The standard InChI is InChI=1S/C23H20N2O2S/c1-15-12-20(23(26)24-14-16-6-3-7-17(13-16)27-2)18-8-4-9-19(22(18)25-15)21-10-5-11-28-21/h3-13H,14H2,1-2H3,(H,24,26). The molecule has 0 atom stereocenters. The summed E-state index contributed by atoms with van der Waals surface area (Å²) in [5.41, 5.74) is 4.36. The molecule has 4 aromatic rings. The third-order valence-electron chi connectivity index (χ3n) is 4.59. The number of benzene rings is 2. The first kappa shape index (κ1) is 18.2. The first-order chi connectivity index (χ1) is 13.7. The van der Waals surface area contributed by atoms with Crippen molar-refractivity contribution in [2.24, 2.45) is 0 Å². The summed E-state index contributed by atoms with van der Waals surface area (Å²) < 4.78 is 5.25. The van der Waals surface area contributed by atoms with Gasteiger partial charge >= 0.3 is 0 Å². The third-order valence-corrected chi connectivity index (χ3v) is 5.49. The van der Waals surface area contributed by atoms with Gasteiger partial charge in [-0.3, -0.25) is 9.78 Å². The largest absolute Gasteiger partial charge is 0.497 e. The number of ether oxygens (including phenoxy) is 1. The molecule has 0 aliphatic rings. The van der Waals surface area contributed by atoms with Crippen LogP contribution in [0.15, 0.2) is 66.0 Å². The molecule has 0 fully saturated rings. The minimum Gasteiger partial charge on any atom is -0.497 e. The number of aryl methyl sites for hydroxylation is 1. The van der Waals surface area contributed by atoms with E-state index < -0.39 is 0 Å². The summed E-state index contributed by atoms with van der Waals surface area (Å²) in [4.78, 5) is 18.8. The number of fused-ring (bicyclic) bond motifs is 1. The van der Waals surface area contributed by atoms with Crippen molar-refractivity contribution in [3.63, 3.8) is 0 Å². The van der Waals surface area contributed by atoms with Gasteiger partial charge in [0.2, 0.25) is 0 Å². The van der Waals surface area contributed by atoms with Crippen LogP contribution in [-0.2, 0) is 6.54 Å². The lowest BCUT2D eigenvalue weighted by molar-refractivity contribution is 0.0952. The number of pyridine rings is 1. The summed E-state index contributed by atoms with van der Waals surface area (Å²) in [7, 11) is 1.63. The minimum atomic E-state index is -0.110. The van der Waals surface area contributed by atoms with Crippen LogP contribution in [0.3, 0.4) is 0 Å². The summed E-state index contributed by atoms with van der Waals surface area (Å²) in [5, 5.41) is 5.93. The van der Waals surface area contributed by atoms with Gasteiger partial charge in [0.05, 0.1) is 18.2 Å². The Hall–Kier alpha value is -3.18. The van der Waals surface area contributed by atoms with Crippen molar-refractivity contribution in [2.75, 3.05) is 7.11 Å². The molecule has 28 heavy (non-hydrogen) atoms. The molecule has 4 nitrogen and oxygen atoms in total. The number of thiophene rings is 1. The lowest BCUT2D eigenvalue weighted by atomic mass is 10.0. The fraction of sp³-hybridized carbons (Fsp3) is 0.130. The number of carbonyl (C=O) groups is 1. The van der Waals surface area contributed by atoms with E-state index in [1.165, 1.54) is 0 Å². The van der Waals surface area contributed by atoms with Gasteiger partial charge in [-0.15, -0.1) is 11.3 Å². The Morgan fingerprint density at radius 1 is 1.11 bits per heavy atom. The number of nitrogens with one attached hydrogen (secondary N) is 1. The summed E-state index contributed by atoms with van der Waals surface area (Å²) in [6.45, 7) is 2.35. The zero-order chi connectivity index (χ0) is 19.5. The number of aromatic nitrogens is 1. The number of nitrogens with zero attached hydrogens (tertiary/aromatic N) is 1. The second kappa shape index (κ2) is 7.82. The van der Waals surface area contributed by atoms with Crippen molar-refractivity contribution in [2.45, 2.75) is 13.5 Å². The molecule has 2 aromatic carbocycles. The number of para-hydroxylation sites is 1. The van der Waals surface area contributed by atoms with Crippen molar-refractivity contribution >= 4 is 28.1 Å². The number of carbonyl (C=O) groups excluding carboxylic acids is 1. The summed E-state index contributed by atoms with van der Waals surface area (Å²) in [6.07, 6.45) is 0. The second-order valence-corrected chi connectivity index (χ2v) is 7.47. The highest BCUT2D eigenvalue weighted by molar-refractivity contribution is 7.13. The molecule has 0 saturated carbocycles. The molecule has 0 unspecified atom stereocenters. The fourth-order valence-corrected chi connectivity index (χ4v) is 4.01. The SMILES string of the molecule is COc1cccc(CNC(=O)c2cc(C)nc3c(-c4cccs4)cccc23)c1. The summed E-state index contributed by atoms with van der Waals surface area (Å²) >= 11 is 1.67. The molecule has 0 aliphatic carbocycles. The number of hydrogen-bond acceptors (Lipinski definition) is 4. The van der Waals surface area contributed by atoms with E-state index in [-0.39, 0.29) is 5.91 Å². The van der Waals surface area contributed by atoms with Crippen LogP contribution in [0, 0.1) is 6.92 Å². The van der Waals surface area contributed by atoms with Crippen molar-refractivity contribution in [3.8, 4) is 16.2 Å². The molecule has 4 rings (SSSR count). The van der Waals surface area contributed by atoms with Crippen LogP contribution in [0.5, 0.6) is 5.75 Å². The van der Waals surface area contributed by atoms with Gasteiger partial charge in [-0.05, 0) is 42.1 Å². The normalized spacial score (nSPS) is 10.8. The Bertz CT molecular complexity index is 1140. The van der Waals surface area contributed by atoms with Crippen LogP contribution in [0.1, 0.15) is 21.6 Å². The van der Waals surface area contributed by atoms with E-state index in [0.29, 0.717) is 12.1 Å². The van der Waals surface area contributed by atoms with Crippen LogP contribution in [-0.4, -0.2) is 18.0 Å². The predicted molar refractivity (Wildman–Crippen MR) is 114 cm³/mol. The van der Waals surface area contributed by atoms with Gasteiger partial charge in [-0.2, -0.15) is 0 Å². The molecule has 0 aliphatic heterocycles. The number of methoxy groups -OCH3 is 1. The molecule has 140 valence electrons. The Balaban J connectivity index is 1.68. The van der Waals surface area contributed by atoms with Gasteiger partial charge in [-0.25, -0.2) is 0 Å². The molecular formula is C23H20N2O2S. The molecule has 2 aromatic heterocycles. The van der Waals surface area contributed by atoms with Crippen molar-refractivity contribution in [1.82, 2.24) is 10.3 Å². The maximum Gasteiger partial charge on any atom is 0.252 e. The summed E-state index contributed by atoms with van der Waals surface area (Å²) in [5.74, 6) is 0.666. The second-order valence-electron chi connectivity index (χ2n) is 6.52. The van der Waals surface area contributed by atoms with Gasteiger partial charge in [0, 0.05) is 28.1 Å². The van der Waals surface area contributed by atoms with E-state index >= 15 is 0 Å². The molecule has 1 amide bonds. The molecule has 1 N–H and O–H groups in total. The van der Waals surface area contributed by atoms with E-state index in [1.807, 2.05) is 60.8 Å². The van der Waals surface area contributed by atoms with Gasteiger partial charge < -0.3 is 10.1 Å². The average Bonchev–Trinajstić information content (AvgIpc) is 3.25. The zero-order valence-corrected chi connectivity index (χ0v) is 16.5. The van der Waals surface area contributed by atoms with Crippen molar-refractivity contribution < 1.29 is 9.53 Å². The topological polar surface area (TPSA) is 51.2 Å². The Labute approximate surface area is 167 Å². The van der Waals surface area contributed by atoms with E-state index in [9.17, 15) is 4.79 Å². The Morgan fingerprint density at radius 3 is 2.75 bits per heavy atom. The molecule has 0 radical (unpaired) electrons. The molecule has 2 heterocycles. The van der Waals surface area contributed by atoms with Gasteiger partial charge in [-0.1, -0.05) is 36.4 Å². The highest BCUT2D eigenvalue weighted by atomic mass is 32.1. The highest BCUT2D eigenvalue weighted by Gasteiger charge is 2.15. The fourth-order valence-electron chi connectivity index (χ4n) is 3.26. The monoisotopic (exact) mass is 388 g/mol. The van der Waals surface area contributed by atoms with Crippen LogP contribution in [0.2, 0.25) is 0 Å². The van der Waals surface area contributed by atoms with Gasteiger partial charge in [0.1, 0.15) is 5.75 Å². The molecule has 5 heteroatoms. The average molecular weight is 388 g/mol. The third kappa shape index (κ3) is 3.62. The quantitative estimate of drug-likeness (QED) is 0.511.